The van der Waals surface area contributed by atoms with Crippen LogP contribution in [0.4, 0.5) is 4.39 Å². The predicted octanol–water partition coefficient (Wildman–Crippen LogP) is 2.25. The average molecular weight is 517 g/mol. The van der Waals surface area contributed by atoms with Gasteiger partial charge in [0.25, 0.3) is 0 Å². The fourth-order valence-electron chi connectivity index (χ4n) is 5.24. The Morgan fingerprint density at radius 3 is 2.81 bits per heavy atom. The lowest BCUT2D eigenvalue weighted by Crippen LogP contribution is -2.55. The second-order valence-electron chi connectivity index (χ2n) is 9.81. The molecular formula is C26H33FN4O4S. The van der Waals surface area contributed by atoms with E-state index in [-0.39, 0.29) is 28.6 Å². The van der Waals surface area contributed by atoms with Crippen molar-refractivity contribution in [2.24, 2.45) is 0 Å². The number of morpholine rings is 1. The molecule has 2 aromatic carbocycles. The Morgan fingerprint density at radius 2 is 2.03 bits per heavy atom. The van der Waals surface area contributed by atoms with Crippen LogP contribution in [-0.2, 0) is 17.7 Å². The van der Waals surface area contributed by atoms with Crippen molar-refractivity contribution in [3.63, 3.8) is 0 Å². The highest BCUT2D eigenvalue weighted by atomic mass is 32.1. The summed E-state index contributed by atoms with van der Waals surface area (Å²) < 4.78 is 21.0. The first-order valence-corrected chi connectivity index (χ1v) is 13.3. The van der Waals surface area contributed by atoms with Gasteiger partial charge in [-0.25, -0.2) is 4.39 Å². The van der Waals surface area contributed by atoms with Crippen molar-refractivity contribution in [2.45, 2.75) is 37.5 Å². The van der Waals surface area contributed by atoms with E-state index in [1.54, 1.807) is 18.2 Å². The van der Waals surface area contributed by atoms with Crippen LogP contribution in [0.1, 0.15) is 35.6 Å². The molecule has 0 radical (unpaired) electrons. The van der Waals surface area contributed by atoms with Gasteiger partial charge in [-0.3, -0.25) is 9.69 Å². The second-order valence-corrected chi connectivity index (χ2v) is 10.8. The van der Waals surface area contributed by atoms with Crippen LogP contribution in [-0.4, -0.2) is 71.6 Å². The minimum Gasteiger partial charge on any atom is -0.506 e. The number of thiazole rings is 1. The van der Waals surface area contributed by atoms with Gasteiger partial charge in [-0.05, 0) is 55.1 Å². The van der Waals surface area contributed by atoms with Crippen molar-refractivity contribution in [1.29, 1.82) is 0 Å². The maximum absolute atomic E-state index is 14.4. The van der Waals surface area contributed by atoms with Crippen molar-refractivity contribution in [1.82, 2.24) is 20.5 Å². The van der Waals surface area contributed by atoms with E-state index < -0.39 is 6.10 Å². The highest BCUT2D eigenvalue weighted by Gasteiger charge is 2.36. The maximum Gasteiger partial charge on any atom is 0.305 e. The van der Waals surface area contributed by atoms with E-state index in [1.807, 2.05) is 0 Å². The first-order chi connectivity index (χ1) is 17.4. The molecule has 2 aliphatic rings. The minimum atomic E-state index is -0.839. The SMILES string of the molecule is O=c1[nH]c2c(O)ccc(C(O)CNCCc3cc(F)cc(CN4CCC5(CC4)CNCCO5)c3)c2s1. The molecule has 5 N–H and O–H groups in total. The number of rotatable bonds is 8. The summed E-state index contributed by atoms with van der Waals surface area (Å²) in [6, 6.07) is 8.34. The summed E-state index contributed by atoms with van der Waals surface area (Å²) >= 11 is 0.966. The van der Waals surface area contributed by atoms with Gasteiger partial charge in [0.2, 0.25) is 0 Å². The van der Waals surface area contributed by atoms with Crippen LogP contribution >= 0.6 is 11.3 Å². The molecule has 0 bridgehead atoms. The van der Waals surface area contributed by atoms with E-state index in [4.69, 9.17) is 4.74 Å². The Hall–Kier alpha value is -2.34. The van der Waals surface area contributed by atoms with E-state index in [9.17, 15) is 19.4 Å². The number of H-pyrrole nitrogens is 1. The van der Waals surface area contributed by atoms with E-state index in [2.05, 4.69) is 26.6 Å². The number of nitrogens with zero attached hydrogens (tertiary/aromatic N) is 1. The predicted molar refractivity (Wildman–Crippen MR) is 138 cm³/mol. The Labute approximate surface area is 213 Å². The zero-order valence-corrected chi connectivity index (χ0v) is 21.0. The second kappa shape index (κ2) is 11.0. The number of likely N-dealkylation sites (tertiary alicyclic amines) is 1. The highest BCUT2D eigenvalue weighted by Crippen LogP contribution is 2.31. The summed E-state index contributed by atoms with van der Waals surface area (Å²) in [4.78, 5) is 16.4. The molecule has 5 rings (SSSR count). The topological polar surface area (TPSA) is 110 Å². The van der Waals surface area contributed by atoms with Crippen LogP contribution in [0.3, 0.4) is 0 Å². The number of phenols is 1. The first-order valence-electron chi connectivity index (χ1n) is 12.5. The van der Waals surface area contributed by atoms with Crippen LogP contribution in [0.15, 0.2) is 35.1 Å². The summed E-state index contributed by atoms with van der Waals surface area (Å²) in [5.74, 6) is -0.248. The molecular weight excluding hydrogens is 483 g/mol. The lowest BCUT2D eigenvalue weighted by atomic mass is 9.90. The molecule has 3 heterocycles. The third kappa shape index (κ3) is 5.80. The molecule has 194 valence electrons. The number of aliphatic hydroxyl groups is 1. The van der Waals surface area contributed by atoms with Crippen molar-refractivity contribution in [2.75, 3.05) is 45.9 Å². The summed E-state index contributed by atoms with van der Waals surface area (Å²) in [5.41, 5.74) is 2.78. The number of aliphatic hydroxyl groups excluding tert-OH is 1. The Kier molecular flexibility index (Phi) is 7.71. The molecule has 2 saturated heterocycles. The number of aromatic nitrogens is 1. The van der Waals surface area contributed by atoms with Gasteiger partial charge in [0, 0.05) is 44.8 Å². The minimum absolute atomic E-state index is 0.0162. The van der Waals surface area contributed by atoms with Gasteiger partial charge in [-0.15, -0.1) is 0 Å². The van der Waals surface area contributed by atoms with E-state index in [1.165, 1.54) is 6.07 Å². The lowest BCUT2D eigenvalue weighted by molar-refractivity contribution is -0.100. The zero-order valence-electron chi connectivity index (χ0n) is 20.2. The van der Waals surface area contributed by atoms with Crippen molar-refractivity contribution in [3.8, 4) is 5.75 Å². The Balaban J connectivity index is 1.12. The summed E-state index contributed by atoms with van der Waals surface area (Å²) in [5, 5.41) is 27.2. The normalized spacial score (nSPS) is 19.2. The summed E-state index contributed by atoms with van der Waals surface area (Å²) in [6.07, 6.45) is 1.76. The van der Waals surface area contributed by atoms with E-state index in [0.717, 1.165) is 74.6 Å². The average Bonchev–Trinajstić information content (AvgIpc) is 3.26. The fraction of sp³-hybridized carbons (Fsp3) is 0.500. The number of halogens is 1. The van der Waals surface area contributed by atoms with Gasteiger partial charge >= 0.3 is 4.87 Å². The third-order valence-electron chi connectivity index (χ3n) is 7.20. The number of hydrogen-bond donors (Lipinski definition) is 5. The number of phenolic OH excluding ortho intramolecular Hbond substituents is 1. The molecule has 1 atom stereocenters. The Bertz CT molecular complexity index is 1250. The van der Waals surface area contributed by atoms with Gasteiger partial charge in [-0.2, -0.15) is 0 Å². The largest absolute Gasteiger partial charge is 0.506 e. The molecule has 10 heteroatoms. The summed E-state index contributed by atoms with van der Waals surface area (Å²) in [7, 11) is 0. The number of aromatic amines is 1. The molecule has 1 spiro atoms. The molecule has 1 aromatic heterocycles. The molecule has 2 fully saturated rings. The lowest BCUT2D eigenvalue weighted by Gasteiger charge is -2.44. The Morgan fingerprint density at radius 1 is 1.22 bits per heavy atom. The number of hydrogen-bond acceptors (Lipinski definition) is 8. The third-order valence-corrected chi connectivity index (χ3v) is 8.13. The highest BCUT2D eigenvalue weighted by molar-refractivity contribution is 7.16. The van der Waals surface area contributed by atoms with Gasteiger partial charge in [0.05, 0.1) is 23.0 Å². The van der Waals surface area contributed by atoms with E-state index in [0.29, 0.717) is 28.7 Å². The number of piperidine rings is 1. The standard InChI is InChI=1S/C26H33FN4O4S/c27-19-12-17(11-18(13-19)15-31-8-4-26(5-9-31)16-29-7-10-35-26)3-6-28-14-22(33)20-1-2-21(32)23-24(20)36-25(34)30-23/h1-2,11-13,22,28-29,32-33H,3-10,14-16H2,(H,30,34). The van der Waals surface area contributed by atoms with Gasteiger partial charge in [0.15, 0.2) is 0 Å². The number of aromatic hydroxyl groups is 1. The van der Waals surface area contributed by atoms with Gasteiger partial charge in [-0.1, -0.05) is 23.5 Å². The van der Waals surface area contributed by atoms with Crippen LogP contribution in [0.25, 0.3) is 10.2 Å². The van der Waals surface area contributed by atoms with Crippen LogP contribution < -0.4 is 15.5 Å². The fourth-order valence-corrected chi connectivity index (χ4v) is 6.16. The zero-order chi connectivity index (χ0) is 25.1. The van der Waals surface area contributed by atoms with Crippen molar-refractivity contribution < 1.29 is 19.3 Å². The quantitative estimate of drug-likeness (QED) is 0.292. The molecule has 8 nitrogen and oxygen atoms in total. The molecule has 3 aromatic rings. The number of benzene rings is 2. The smallest absolute Gasteiger partial charge is 0.305 e. The first kappa shape index (κ1) is 25.3. The number of ether oxygens (including phenoxy) is 1. The molecule has 0 saturated carbocycles. The summed E-state index contributed by atoms with van der Waals surface area (Å²) in [6.45, 7) is 6.04. The molecule has 2 aliphatic heterocycles. The number of nitrogens with one attached hydrogen (secondary N) is 3. The molecule has 36 heavy (non-hydrogen) atoms. The molecule has 0 amide bonds. The van der Waals surface area contributed by atoms with Gasteiger partial charge < -0.3 is 30.6 Å². The van der Waals surface area contributed by atoms with Crippen molar-refractivity contribution in [3.05, 3.63) is 62.5 Å². The van der Waals surface area contributed by atoms with Gasteiger partial charge in [0.1, 0.15) is 17.1 Å². The molecule has 0 aliphatic carbocycles. The van der Waals surface area contributed by atoms with E-state index >= 15 is 0 Å². The van der Waals surface area contributed by atoms with Crippen LogP contribution in [0.5, 0.6) is 5.75 Å². The van der Waals surface area contributed by atoms with Crippen LogP contribution in [0.2, 0.25) is 0 Å². The maximum atomic E-state index is 14.4. The van der Waals surface area contributed by atoms with Crippen LogP contribution in [0, 0.1) is 5.82 Å². The molecule has 1 unspecified atom stereocenters. The monoisotopic (exact) mass is 516 g/mol. The number of fused-ring (bicyclic) bond motifs is 1. The van der Waals surface area contributed by atoms with Crippen molar-refractivity contribution >= 4 is 21.6 Å².